The molecule has 202 valence electrons. The average Bonchev–Trinajstić information content (AvgIpc) is 3.38. The van der Waals surface area contributed by atoms with E-state index < -0.39 is 18.0 Å². The van der Waals surface area contributed by atoms with E-state index in [9.17, 15) is 19.8 Å². The number of hydrogen-bond acceptors (Lipinski definition) is 6. The van der Waals surface area contributed by atoms with Crippen molar-refractivity contribution in [1.82, 2.24) is 5.06 Å². The number of phenols is 1. The molecule has 5 aromatic rings. The van der Waals surface area contributed by atoms with Crippen molar-refractivity contribution in [1.29, 1.82) is 0 Å². The zero-order valence-electron chi connectivity index (χ0n) is 21.6. The third kappa shape index (κ3) is 6.51. The summed E-state index contributed by atoms with van der Waals surface area (Å²) in [6, 6.07) is 28.0. The molecule has 0 bridgehead atoms. The number of carboxylic acids is 1. The topological polar surface area (TPSA) is 87.1 Å². The molecule has 6 nitrogen and oxygen atoms in total. The molecule has 4 aromatic carbocycles. The Hall–Kier alpha value is -4.17. The van der Waals surface area contributed by atoms with E-state index in [0.29, 0.717) is 15.5 Å². The van der Waals surface area contributed by atoms with Crippen molar-refractivity contribution in [2.75, 3.05) is 0 Å². The smallest absolute Gasteiger partial charge is 0.367 e. The number of phenolic OH excluding ortho intramolecular Hbond substituents is 1. The molecule has 0 aliphatic heterocycles. The second-order valence-electron chi connectivity index (χ2n) is 9.53. The molecule has 2 N–H and O–H groups in total. The molecule has 0 amide bonds. The number of hydrogen-bond donors (Lipinski definition) is 2. The van der Waals surface area contributed by atoms with Crippen LogP contribution in [-0.4, -0.2) is 33.3 Å². The number of carbonyl (C=O) groups excluding carboxylic acids is 1. The summed E-state index contributed by atoms with van der Waals surface area (Å²) in [5.74, 6) is -1.67. The highest BCUT2D eigenvalue weighted by atomic mass is 35.5. The first kappa shape index (κ1) is 27.4. The molecule has 0 radical (unpaired) electrons. The van der Waals surface area contributed by atoms with Gasteiger partial charge in [-0.3, -0.25) is 4.79 Å². The van der Waals surface area contributed by atoms with Crippen LogP contribution >= 0.6 is 22.9 Å². The molecule has 0 fully saturated rings. The summed E-state index contributed by atoms with van der Waals surface area (Å²) in [6.07, 6.45) is 0.0750. The van der Waals surface area contributed by atoms with Gasteiger partial charge in [0.05, 0.1) is 6.54 Å². The highest BCUT2D eigenvalue weighted by Gasteiger charge is 2.30. The van der Waals surface area contributed by atoms with Crippen molar-refractivity contribution in [3.05, 3.63) is 124 Å². The number of halogens is 1. The fourth-order valence-electron chi connectivity index (χ4n) is 4.36. The molecule has 0 aliphatic carbocycles. The minimum absolute atomic E-state index is 0.0750. The van der Waals surface area contributed by atoms with Gasteiger partial charge >= 0.3 is 11.9 Å². The standard InChI is InChI=1S/C32H26ClNO5S/c1-20-2-4-22(5-3-20)19-34(28(31(36)37)16-21-6-13-27(35)14-7-21)39-32(38)30-18-25-17-24(10-15-29(25)40-30)23-8-11-26(33)12-9-23/h2-15,17-18,28,35H,16,19H2,1H3,(H,36,37)/t28-/m0/s1. The van der Waals surface area contributed by atoms with Crippen LogP contribution in [0, 0.1) is 6.92 Å². The Labute approximate surface area is 240 Å². The number of carbonyl (C=O) groups is 2. The van der Waals surface area contributed by atoms with Crippen molar-refractivity contribution in [2.24, 2.45) is 0 Å². The molecule has 40 heavy (non-hydrogen) atoms. The SMILES string of the molecule is Cc1ccc(CN(OC(=O)c2cc3cc(-c4ccc(Cl)cc4)ccc3s2)[C@@H](Cc2ccc(O)cc2)C(=O)O)cc1. The number of aliphatic carboxylic acids is 1. The van der Waals surface area contributed by atoms with E-state index in [1.54, 1.807) is 18.2 Å². The van der Waals surface area contributed by atoms with E-state index in [4.69, 9.17) is 16.4 Å². The molecule has 8 heteroatoms. The summed E-state index contributed by atoms with van der Waals surface area (Å²) in [7, 11) is 0. The Kier molecular flexibility index (Phi) is 8.16. The fourth-order valence-corrected chi connectivity index (χ4v) is 5.41. The van der Waals surface area contributed by atoms with Crippen molar-refractivity contribution in [3.8, 4) is 16.9 Å². The number of aromatic hydroxyl groups is 1. The molecule has 1 aromatic heterocycles. The lowest BCUT2D eigenvalue weighted by Crippen LogP contribution is -2.43. The minimum atomic E-state index is -1.15. The maximum Gasteiger partial charge on any atom is 0.367 e. The van der Waals surface area contributed by atoms with E-state index in [2.05, 4.69) is 0 Å². The van der Waals surface area contributed by atoms with E-state index in [1.807, 2.05) is 73.7 Å². The quantitative estimate of drug-likeness (QED) is 0.178. The summed E-state index contributed by atoms with van der Waals surface area (Å²) in [5, 5.41) is 22.5. The average molecular weight is 572 g/mol. The number of carboxylic acid groups (broad SMARTS) is 1. The second kappa shape index (κ2) is 11.9. The van der Waals surface area contributed by atoms with Gasteiger partial charge in [-0.15, -0.1) is 16.4 Å². The van der Waals surface area contributed by atoms with Gasteiger partial charge in [0.15, 0.2) is 0 Å². The molecule has 1 atom stereocenters. The molecule has 0 unspecified atom stereocenters. The van der Waals surface area contributed by atoms with Crippen LogP contribution in [0.2, 0.25) is 5.02 Å². The summed E-state index contributed by atoms with van der Waals surface area (Å²) in [5.41, 5.74) is 4.55. The van der Waals surface area contributed by atoms with Gasteiger partial charge in [-0.25, -0.2) is 4.79 Å². The molecule has 0 saturated heterocycles. The predicted molar refractivity (Wildman–Crippen MR) is 158 cm³/mol. The van der Waals surface area contributed by atoms with Crippen molar-refractivity contribution < 1.29 is 24.6 Å². The van der Waals surface area contributed by atoms with Gasteiger partial charge < -0.3 is 15.1 Å². The Bertz CT molecular complexity index is 1650. The minimum Gasteiger partial charge on any atom is -0.508 e. The van der Waals surface area contributed by atoms with Crippen LogP contribution in [0.4, 0.5) is 0 Å². The van der Waals surface area contributed by atoms with Crippen molar-refractivity contribution in [2.45, 2.75) is 25.9 Å². The van der Waals surface area contributed by atoms with Crippen LogP contribution in [0.3, 0.4) is 0 Å². The zero-order valence-corrected chi connectivity index (χ0v) is 23.2. The molecular weight excluding hydrogens is 546 g/mol. The Morgan fingerprint density at radius 3 is 2.20 bits per heavy atom. The molecule has 0 spiro atoms. The second-order valence-corrected chi connectivity index (χ2v) is 11.1. The van der Waals surface area contributed by atoms with Gasteiger partial charge in [0, 0.05) is 16.1 Å². The van der Waals surface area contributed by atoms with Gasteiger partial charge in [-0.1, -0.05) is 71.8 Å². The predicted octanol–water partition coefficient (Wildman–Crippen LogP) is 7.51. The van der Waals surface area contributed by atoms with Gasteiger partial charge in [0.25, 0.3) is 0 Å². The normalized spacial score (nSPS) is 12.0. The Morgan fingerprint density at radius 1 is 0.875 bits per heavy atom. The number of aryl methyl sites for hydroxylation is 1. The van der Waals surface area contributed by atoms with Crippen molar-refractivity contribution in [3.63, 3.8) is 0 Å². The first-order valence-corrected chi connectivity index (χ1v) is 13.8. The van der Waals surface area contributed by atoms with Crippen LogP contribution in [0.25, 0.3) is 21.2 Å². The van der Waals surface area contributed by atoms with E-state index in [0.717, 1.165) is 32.3 Å². The third-order valence-corrected chi connectivity index (χ3v) is 7.90. The fraction of sp³-hybridized carbons (Fsp3) is 0.125. The van der Waals surface area contributed by atoms with Crippen molar-refractivity contribution >= 4 is 45.0 Å². The zero-order chi connectivity index (χ0) is 28.2. The summed E-state index contributed by atoms with van der Waals surface area (Å²) >= 11 is 7.31. The van der Waals surface area contributed by atoms with E-state index >= 15 is 0 Å². The van der Waals surface area contributed by atoms with E-state index in [-0.39, 0.29) is 18.7 Å². The van der Waals surface area contributed by atoms with Gasteiger partial charge in [-0.05, 0) is 77.0 Å². The van der Waals surface area contributed by atoms with Gasteiger partial charge in [0.2, 0.25) is 0 Å². The van der Waals surface area contributed by atoms with Crippen LogP contribution in [-0.2, 0) is 22.6 Å². The van der Waals surface area contributed by atoms with Crippen LogP contribution in [0.1, 0.15) is 26.4 Å². The number of benzene rings is 4. The lowest BCUT2D eigenvalue weighted by atomic mass is 10.0. The Morgan fingerprint density at radius 2 is 1.52 bits per heavy atom. The summed E-state index contributed by atoms with van der Waals surface area (Å²) in [6.45, 7) is 2.05. The van der Waals surface area contributed by atoms with Crippen LogP contribution in [0.5, 0.6) is 5.75 Å². The first-order chi connectivity index (χ1) is 19.2. The molecule has 1 heterocycles. The lowest BCUT2D eigenvalue weighted by Gasteiger charge is -2.27. The van der Waals surface area contributed by atoms with Crippen LogP contribution in [0.15, 0.2) is 97.1 Å². The maximum atomic E-state index is 13.4. The third-order valence-electron chi connectivity index (χ3n) is 6.55. The highest BCUT2D eigenvalue weighted by Crippen LogP contribution is 2.32. The number of rotatable bonds is 9. The number of fused-ring (bicyclic) bond motifs is 1. The summed E-state index contributed by atoms with van der Waals surface area (Å²) in [4.78, 5) is 32.0. The first-order valence-electron chi connectivity index (χ1n) is 12.6. The van der Waals surface area contributed by atoms with Gasteiger partial charge in [0.1, 0.15) is 16.7 Å². The van der Waals surface area contributed by atoms with Gasteiger partial charge in [-0.2, -0.15) is 0 Å². The number of nitrogens with zero attached hydrogens (tertiary/aromatic N) is 1. The van der Waals surface area contributed by atoms with Crippen LogP contribution < -0.4 is 0 Å². The monoisotopic (exact) mass is 571 g/mol. The molecule has 5 rings (SSSR count). The Balaban J connectivity index is 1.42. The highest BCUT2D eigenvalue weighted by molar-refractivity contribution is 7.20. The van der Waals surface area contributed by atoms with E-state index in [1.165, 1.54) is 28.5 Å². The maximum absolute atomic E-state index is 13.4. The number of hydroxylamine groups is 2. The lowest BCUT2D eigenvalue weighted by molar-refractivity contribution is -0.174. The summed E-state index contributed by atoms with van der Waals surface area (Å²) < 4.78 is 0.911. The largest absolute Gasteiger partial charge is 0.508 e. The molecule has 0 saturated carbocycles. The molecule has 0 aliphatic rings. The number of thiophene rings is 1. The molecular formula is C32H26ClNO5S.